The van der Waals surface area contributed by atoms with Crippen molar-refractivity contribution in [2.75, 3.05) is 0 Å². The topological polar surface area (TPSA) is 149 Å². The van der Waals surface area contributed by atoms with Crippen molar-refractivity contribution in [2.24, 2.45) is 11.3 Å². The van der Waals surface area contributed by atoms with Crippen molar-refractivity contribution in [3.63, 3.8) is 0 Å². The summed E-state index contributed by atoms with van der Waals surface area (Å²) in [6, 6.07) is 0. The molecule has 1 atom stereocenters. The van der Waals surface area contributed by atoms with Gasteiger partial charge in [-0.15, -0.1) is 0 Å². The van der Waals surface area contributed by atoms with Gasteiger partial charge in [-0.1, -0.05) is 41.0 Å². The van der Waals surface area contributed by atoms with E-state index >= 15 is 0 Å². The molecule has 1 unspecified atom stereocenters. The molecular weight excluding hydrogens is 320 g/mol. The van der Waals surface area contributed by atoms with Crippen molar-refractivity contribution in [1.82, 2.24) is 0 Å². The second kappa shape index (κ2) is 20.9. The molecule has 0 radical (unpaired) electrons. The Kier molecular flexibility index (Phi) is 29.1. The predicted molar refractivity (Wildman–Crippen MR) is 92.1 cm³/mol. The highest BCUT2D eigenvalue weighted by atomic mass is 16.4. The number of carboxylic acids is 4. The summed E-state index contributed by atoms with van der Waals surface area (Å²) in [5, 5.41) is 29.7. The summed E-state index contributed by atoms with van der Waals surface area (Å²) in [7, 11) is 0. The first-order valence-corrected chi connectivity index (χ1v) is 7.19. The van der Waals surface area contributed by atoms with Crippen LogP contribution in [0.5, 0.6) is 0 Å². The van der Waals surface area contributed by atoms with E-state index in [1.807, 2.05) is 0 Å². The maximum Gasteiger partial charge on any atom is 0.300 e. The highest BCUT2D eigenvalue weighted by molar-refractivity contribution is 5.63. The first-order valence-electron chi connectivity index (χ1n) is 7.19. The molecule has 0 spiro atoms. The fourth-order valence-electron chi connectivity index (χ4n) is 0.612. The van der Waals surface area contributed by atoms with Gasteiger partial charge in [0.2, 0.25) is 0 Å². The van der Waals surface area contributed by atoms with Crippen LogP contribution in [0.4, 0.5) is 0 Å². The van der Waals surface area contributed by atoms with Crippen LogP contribution in [0.25, 0.3) is 0 Å². The summed E-state index contributed by atoms with van der Waals surface area (Å²) >= 11 is 0. The Labute approximate surface area is 144 Å². The van der Waals surface area contributed by atoms with Crippen molar-refractivity contribution >= 4 is 23.9 Å². The summed E-state index contributed by atoms with van der Waals surface area (Å²) in [5.74, 6) is -2.48. The van der Waals surface area contributed by atoms with Gasteiger partial charge in [0.25, 0.3) is 23.9 Å². The van der Waals surface area contributed by atoms with E-state index in [4.69, 9.17) is 39.6 Å². The number of hydrogen-bond donors (Lipinski definition) is 4. The SMILES string of the molecule is CC(=O)O.CC(=O)O.CC(=O)O.CC(=O)O.CCC(C)C(C)(C)C. The monoisotopic (exact) mass is 354 g/mol. The lowest BCUT2D eigenvalue weighted by Crippen LogP contribution is -2.15. The lowest BCUT2D eigenvalue weighted by Gasteiger charge is -2.25. The van der Waals surface area contributed by atoms with Crippen LogP contribution in [0, 0.1) is 11.3 Å². The van der Waals surface area contributed by atoms with Crippen molar-refractivity contribution in [2.45, 2.75) is 68.7 Å². The van der Waals surface area contributed by atoms with E-state index in [0.29, 0.717) is 5.41 Å². The molecule has 0 heterocycles. The first-order chi connectivity index (χ1) is 10.4. The van der Waals surface area contributed by atoms with Gasteiger partial charge in [-0.25, -0.2) is 0 Å². The molecular formula is C16H34O8. The Morgan fingerprint density at radius 1 is 0.708 bits per heavy atom. The molecule has 0 aromatic heterocycles. The molecule has 0 bridgehead atoms. The molecule has 0 saturated heterocycles. The van der Waals surface area contributed by atoms with E-state index < -0.39 is 23.9 Å². The number of carboxylic acid groups (broad SMARTS) is 4. The van der Waals surface area contributed by atoms with Crippen LogP contribution in [0.15, 0.2) is 0 Å². The van der Waals surface area contributed by atoms with Crippen molar-refractivity contribution < 1.29 is 39.6 Å². The zero-order valence-corrected chi connectivity index (χ0v) is 16.2. The van der Waals surface area contributed by atoms with E-state index in [1.165, 1.54) is 6.42 Å². The average molecular weight is 354 g/mol. The van der Waals surface area contributed by atoms with Crippen LogP contribution in [-0.2, 0) is 19.2 Å². The summed E-state index contributed by atoms with van der Waals surface area (Å²) in [6.45, 7) is 15.8. The summed E-state index contributed by atoms with van der Waals surface area (Å²) < 4.78 is 0. The third-order valence-corrected chi connectivity index (χ3v) is 2.09. The third kappa shape index (κ3) is 205. The van der Waals surface area contributed by atoms with E-state index in [-0.39, 0.29) is 0 Å². The Balaban J connectivity index is -0.0000000657. The van der Waals surface area contributed by atoms with Gasteiger partial charge in [-0.05, 0) is 11.3 Å². The minimum absolute atomic E-state index is 0.509. The Morgan fingerprint density at radius 3 is 0.833 bits per heavy atom. The molecule has 0 aliphatic heterocycles. The summed E-state index contributed by atoms with van der Waals surface area (Å²) in [5.41, 5.74) is 0.509. The van der Waals surface area contributed by atoms with Crippen molar-refractivity contribution in [3.05, 3.63) is 0 Å². The van der Waals surface area contributed by atoms with Crippen molar-refractivity contribution in [1.29, 1.82) is 0 Å². The molecule has 8 nitrogen and oxygen atoms in total. The first kappa shape index (κ1) is 33.5. The second-order valence-corrected chi connectivity index (χ2v) is 5.75. The van der Waals surface area contributed by atoms with Gasteiger partial charge in [-0.3, -0.25) is 19.2 Å². The van der Waals surface area contributed by atoms with E-state index in [1.54, 1.807) is 0 Å². The molecule has 8 heteroatoms. The van der Waals surface area contributed by atoms with Gasteiger partial charge in [0.1, 0.15) is 0 Å². The van der Waals surface area contributed by atoms with Crippen LogP contribution in [-0.4, -0.2) is 44.3 Å². The lowest BCUT2D eigenvalue weighted by atomic mass is 9.81. The highest BCUT2D eigenvalue weighted by Gasteiger charge is 2.16. The zero-order chi connectivity index (χ0) is 21.1. The maximum absolute atomic E-state index is 9.00. The van der Waals surface area contributed by atoms with Gasteiger partial charge in [0.15, 0.2) is 0 Å². The molecule has 0 aliphatic rings. The molecule has 0 amide bonds. The van der Waals surface area contributed by atoms with Gasteiger partial charge in [0.05, 0.1) is 0 Å². The number of aliphatic carboxylic acids is 4. The molecule has 0 fully saturated rings. The summed E-state index contributed by atoms with van der Waals surface area (Å²) in [4.78, 5) is 36.0. The normalized spacial score (nSPS) is 9.54. The minimum atomic E-state index is -0.833. The lowest BCUT2D eigenvalue weighted by molar-refractivity contribution is -0.135. The molecule has 0 aromatic rings. The fraction of sp³-hybridized carbons (Fsp3) is 0.750. The number of rotatable bonds is 1. The quantitative estimate of drug-likeness (QED) is 0.559. The highest BCUT2D eigenvalue weighted by Crippen LogP contribution is 2.27. The molecule has 0 saturated carbocycles. The molecule has 4 N–H and O–H groups in total. The third-order valence-electron chi connectivity index (χ3n) is 2.09. The Hall–Kier alpha value is -2.12. The van der Waals surface area contributed by atoms with Gasteiger partial charge in [-0.2, -0.15) is 0 Å². The number of carbonyl (C=O) groups is 4. The van der Waals surface area contributed by atoms with Gasteiger partial charge in [0, 0.05) is 27.7 Å². The molecule has 0 aromatic carbocycles. The van der Waals surface area contributed by atoms with Crippen LogP contribution in [0.1, 0.15) is 68.7 Å². The van der Waals surface area contributed by atoms with Crippen LogP contribution >= 0.6 is 0 Å². The zero-order valence-electron chi connectivity index (χ0n) is 16.2. The van der Waals surface area contributed by atoms with E-state index in [9.17, 15) is 0 Å². The molecule has 24 heavy (non-hydrogen) atoms. The average Bonchev–Trinajstić information content (AvgIpc) is 2.23. The van der Waals surface area contributed by atoms with Crippen molar-refractivity contribution in [3.8, 4) is 0 Å². The van der Waals surface area contributed by atoms with E-state index in [0.717, 1.165) is 33.6 Å². The van der Waals surface area contributed by atoms with Crippen LogP contribution < -0.4 is 0 Å². The predicted octanol–water partition coefficient (Wildman–Crippen LogP) is 3.44. The standard InChI is InChI=1S/C8H18.4C2H4O2/c1-6-7(2)8(3,4)5;4*1-2(3)4/h7H,6H2,1-5H3;4*1H3,(H,3,4). The van der Waals surface area contributed by atoms with Gasteiger partial charge < -0.3 is 20.4 Å². The summed E-state index contributed by atoms with van der Waals surface area (Å²) in [6.07, 6.45) is 1.30. The largest absolute Gasteiger partial charge is 0.481 e. The van der Waals surface area contributed by atoms with Crippen LogP contribution in [0.3, 0.4) is 0 Å². The van der Waals surface area contributed by atoms with Crippen LogP contribution in [0.2, 0.25) is 0 Å². The molecule has 146 valence electrons. The van der Waals surface area contributed by atoms with E-state index in [2.05, 4.69) is 34.6 Å². The fourth-order valence-corrected chi connectivity index (χ4v) is 0.612. The minimum Gasteiger partial charge on any atom is -0.481 e. The number of hydrogen-bond acceptors (Lipinski definition) is 4. The Morgan fingerprint density at radius 2 is 0.833 bits per heavy atom. The van der Waals surface area contributed by atoms with Gasteiger partial charge >= 0.3 is 0 Å². The molecule has 0 rings (SSSR count). The smallest absolute Gasteiger partial charge is 0.300 e. The maximum atomic E-state index is 9.00. The Bertz CT molecular complexity index is 278. The molecule has 0 aliphatic carbocycles. The second-order valence-electron chi connectivity index (χ2n) is 5.75.